The second kappa shape index (κ2) is 8.70. The monoisotopic (exact) mass is 283 g/mol. The smallest absolute Gasteiger partial charge is 0.396 e. The lowest BCUT2D eigenvalue weighted by Crippen LogP contribution is -2.31. The summed E-state index contributed by atoms with van der Waals surface area (Å²) in [6.07, 6.45) is 0. The van der Waals surface area contributed by atoms with Crippen molar-refractivity contribution in [2.24, 2.45) is 0 Å². The summed E-state index contributed by atoms with van der Waals surface area (Å²) in [5.74, 6) is 0.0506. The van der Waals surface area contributed by atoms with Crippen LogP contribution in [0.25, 0.3) is 0 Å². The molecule has 0 fully saturated rings. The van der Waals surface area contributed by atoms with Crippen molar-refractivity contribution >= 4 is 26.1 Å². The van der Waals surface area contributed by atoms with Crippen molar-refractivity contribution in [3.63, 3.8) is 0 Å². The predicted octanol–water partition coefficient (Wildman–Crippen LogP) is 2.86. The maximum absolute atomic E-state index is 11.9. The molecule has 0 aromatic heterocycles. The van der Waals surface area contributed by atoms with E-state index in [-0.39, 0.29) is 10.9 Å². The van der Waals surface area contributed by atoms with Gasteiger partial charge in [-0.05, 0) is 20.8 Å². The Morgan fingerprint density at radius 1 is 1.24 bits per heavy atom. The van der Waals surface area contributed by atoms with Crippen LogP contribution < -0.4 is 0 Å². The number of carbonyl (C=O) groups is 1. The largest absolute Gasteiger partial charge is 0.430 e. The van der Waals surface area contributed by atoms with Crippen molar-refractivity contribution in [3.05, 3.63) is 10.8 Å². The molecule has 0 unspecified atom stereocenters. The highest BCUT2D eigenvalue weighted by Crippen LogP contribution is 2.40. The molecule has 0 radical (unpaired) electrons. The van der Waals surface area contributed by atoms with E-state index in [4.69, 9.17) is 25.2 Å². The quantitative estimate of drug-likeness (QED) is 0.409. The molecule has 0 heterocycles. The molecule has 0 saturated carbocycles. The summed E-state index contributed by atoms with van der Waals surface area (Å²) in [6, 6.07) is 0. The van der Waals surface area contributed by atoms with Crippen molar-refractivity contribution in [2.75, 3.05) is 27.3 Å². The second-order valence-electron chi connectivity index (χ2n) is 3.03. The van der Waals surface area contributed by atoms with Crippen LogP contribution in [0.1, 0.15) is 20.8 Å². The van der Waals surface area contributed by atoms with Gasteiger partial charge in [0.05, 0.1) is 0 Å². The topological polar surface area (TPSA) is 48.0 Å². The van der Waals surface area contributed by atoms with Crippen LogP contribution in [0, 0.1) is 0 Å². The number of allylic oxidation sites excluding steroid dienone is 1. The van der Waals surface area contributed by atoms with Gasteiger partial charge in [-0.1, -0.05) is 11.6 Å². The van der Waals surface area contributed by atoms with Gasteiger partial charge in [0, 0.05) is 27.3 Å². The van der Waals surface area contributed by atoms with Gasteiger partial charge in [0.2, 0.25) is 0 Å². The van der Waals surface area contributed by atoms with Gasteiger partial charge in [-0.3, -0.25) is 4.79 Å². The highest BCUT2D eigenvalue weighted by Gasteiger charge is 2.19. The van der Waals surface area contributed by atoms with Crippen LogP contribution in [0.3, 0.4) is 0 Å². The van der Waals surface area contributed by atoms with Crippen molar-refractivity contribution < 1.29 is 18.4 Å². The summed E-state index contributed by atoms with van der Waals surface area (Å²) in [4.78, 5) is 13.5. The third-order valence-electron chi connectivity index (χ3n) is 2.06. The Balaban J connectivity index is 4.72. The van der Waals surface area contributed by atoms with Crippen LogP contribution >= 0.6 is 20.2 Å². The van der Waals surface area contributed by atoms with Gasteiger partial charge in [0.1, 0.15) is 10.8 Å². The summed E-state index contributed by atoms with van der Waals surface area (Å²) < 4.78 is 15.1. The molecule has 0 aliphatic carbocycles. The zero-order valence-corrected chi connectivity index (χ0v) is 12.5. The van der Waals surface area contributed by atoms with Gasteiger partial charge in [0.15, 0.2) is 0 Å². The number of hydrogen-bond donors (Lipinski definition) is 0. The Hall–Kier alpha value is -0.350. The highest BCUT2D eigenvalue weighted by atomic mass is 35.5. The number of nitrogens with zero attached hydrogens (tertiary/aromatic N) is 1. The Morgan fingerprint density at radius 2 is 1.71 bits per heavy atom. The lowest BCUT2D eigenvalue weighted by Gasteiger charge is -2.19. The Labute approximate surface area is 109 Å². The number of amides is 1. The first kappa shape index (κ1) is 16.6. The van der Waals surface area contributed by atoms with E-state index in [1.54, 1.807) is 11.8 Å². The number of carbonyl (C=O) groups excluding carboxylic acids is 1. The first-order valence-corrected chi connectivity index (χ1v) is 6.71. The van der Waals surface area contributed by atoms with Gasteiger partial charge in [0.25, 0.3) is 5.91 Å². The third kappa shape index (κ3) is 5.21. The van der Waals surface area contributed by atoms with Crippen LogP contribution in [0.15, 0.2) is 10.8 Å². The van der Waals surface area contributed by atoms with Crippen molar-refractivity contribution in [1.29, 1.82) is 0 Å². The minimum atomic E-state index is -1.49. The maximum Gasteiger partial charge on any atom is 0.396 e. The molecule has 0 rings (SSSR count). The van der Waals surface area contributed by atoms with Crippen LogP contribution in [-0.2, 0) is 18.4 Å². The van der Waals surface area contributed by atoms with Gasteiger partial charge in [-0.15, -0.1) is 0 Å². The van der Waals surface area contributed by atoms with E-state index in [9.17, 15) is 4.79 Å². The summed E-state index contributed by atoms with van der Waals surface area (Å²) in [6.45, 7) is 6.58. The first-order chi connectivity index (χ1) is 8.01. The summed E-state index contributed by atoms with van der Waals surface area (Å²) in [5.41, 5.74) is 0. The average molecular weight is 284 g/mol. The lowest BCUT2D eigenvalue weighted by molar-refractivity contribution is -0.126. The van der Waals surface area contributed by atoms with E-state index < -0.39 is 8.60 Å². The zero-order chi connectivity index (χ0) is 13.4. The molecule has 1 amide bonds. The van der Waals surface area contributed by atoms with Crippen LogP contribution in [0.2, 0.25) is 0 Å². The van der Waals surface area contributed by atoms with Crippen molar-refractivity contribution in [3.8, 4) is 0 Å². The zero-order valence-electron chi connectivity index (χ0n) is 10.8. The molecule has 100 valence electrons. The molecule has 0 aromatic carbocycles. The maximum atomic E-state index is 11.9. The first-order valence-electron chi connectivity index (χ1n) is 5.23. The van der Waals surface area contributed by atoms with Crippen LogP contribution in [0.5, 0.6) is 0 Å². The second-order valence-corrected chi connectivity index (χ2v) is 4.77. The van der Waals surface area contributed by atoms with Gasteiger partial charge >= 0.3 is 8.60 Å². The fourth-order valence-corrected chi connectivity index (χ4v) is 1.93. The number of likely N-dealkylation sites (N-methyl/N-ethyl adjacent to an activating group) is 1. The van der Waals surface area contributed by atoms with Gasteiger partial charge < -0.3 is 18.5 Å². The molecule has 0 aliphatic rings. The van der Waals surface area contributed by atoms with E-state index in [0.717, 1.165) is 0 Å². The van der Waals surface area contributed by atoms with Crippen LogP contribution in [0.4, 0.5) is 0 Å². The van der Waals surface area contributed by atoms with E-state index in [1.165, 1.54) is 14.2 Å². The SMILES string of the molecule is CCN(CC)C(=O)C(Cl)=C(C)OP(OC)OC. The minimum absolute atomic E-state index is 0.0512. The fourth-order valence-electron chi connectivity index (χ4n) is 1.10. The van der Waals surface area contributed by atoms with Crippen molar-refractivity contribution in [1.82, 2.24) is 4.90 Å². The Morgan fingerprint density at radius 3 is 2.06 bits per heavy atom. The fraction of sp³-hybridized carbons (Fsp3) is 0.700. The van der Waals surface area contributed by atoms with E-state index >= 15 is 0 Å². The molecule has 17 heavy (non-hydrogen) atoms. The Bertz CT molecular complexity index is 277. The van der Waals surface area contributed by atoms with E-state index in [1.807, 2.05) is 13.8 Å². The summed E-state index contributed by atoms with van der Waals surface area (Å²) in [5, 5.41) is 0.0512. The average Bonchev–Trinajstić information content (AvgIpc) is 2.35. The standard InChI is InChI=1S/C10H19ClNO4P/c1-6-12(7-2)10(13)9(11)8(3)16-17(14-4)15-5/h6-7H2,1-5H3. The van der Waals surface area contributed by atoms with Gasteiger partial charge in [-0.25, -0.2) is 0 Å². The number of rotatable bonds is 7. The molecular weight excluding hydrogens is 265 g/mol. The third-order valence-corrected chi connectivity index (χ3v) is 3.50. The highest BCUT2D eigenvalue weighted by molar-refractivity contribution is 7.41. The van der Waals surface area contributed by atoms with Crippen LogP contribution in [-0.4, -0.2) is 38.1 Å². The Kier molecular flexibility index (Phi) is 8.52. The molecule has 0 atom stereocenters. The lowest BCUT2D eigenvalue weighted by atomic mass is 10.4. The van der Waals surface area contributed by atoms with E-state index in [0.29, 0.717) is 18.8 Å². The molecule has 0 spiro atoms. The van der Waals surface area contributed by atoms with E-state index in [2.05, 4.69) is 0 Å². The molecule has 0 bridgehead atoms. The molecule has 0 aromatic rings. The summed E-state index contributed by atoms with van der Waals surface area (Å²) >= 11 is 5.95. The minimum Gasteiger partial charge on any atom is -0.430 e. The van der Waals surface area contributed by atoms with Crippen molar-refractivity contribution in [2.45, 2.75) is 20.8 Å². The normalized spacial score (nSPS) is 12.4. The number of halogens is 1. The summed E-state index contributed by atoms with van der Waals surface area (Å²) in [7, 11) is 1.43. The predicted molar refractivity (Wildman–Crippen MR) is 68.5 cm³/mol. The van der Waals surface area contributed by atoms with Gasteiger partial charge in [-0.2, -0.15) is 0 Å². The molecule has 0 N–H and O–H groups in total. The molecule has 7 heteroatoms. The molecule has 0 saturated heterocycles. The molecule has 5 nitrogen and oxygen atoms in total. The number of hydrogen-bond acceptors (Lipinski definition) is 4. The molecular formula is C10H19ClNO4P. The molecule has 0 aliphatic heterocycles.